The van der Waals surface area contributed by atoms with Gasteiger partial charge < -0.3 is 5.32 Å². The molecule has 20 heavy (non-hydrogen) atoms. The molecule has 0 fully saturated rings. The molecule has 0 aliphatic rings. The van der Waals surface area contributed by atoms with E-state index in [1.165, 1.54) is 0 Å². The van der Waals surface area contributed by atoms with Crippen LogP contribution >= 0.6 is 0 Å². The molecule has 1 aromatic carbocycles. The van der Waals surface area contributed by atoms with Crippen molar-refractivity contribution in [1.29, 1.82) is 0 Å². The van der Waals surface area contributed by atoms with Crippen molar-refractivity contribution < 1.29 is 4.79 Å². The van der Waals surface area contributed by atoms with Gasteiger partial charge in [-0.25, -0.2) is 4.98 Å². The molecule has 0 bridgehead atoms. The van der Waals surface area contributed by atoms with Gasteiger partial charge >= 0.3 is 0 Å². The van der Waals surface area contributed by atoms with Gasteiger partial charge in [0.05, 0.1) is 11.2 Å². The third-order valence-electron chi connectivity index (χ3n) is 3.07. The minimum absolute atomic E-state index is 0.237. The maximum absolute atomic E-state index is 12.2. The first-order valence-corrected chi connectivity index (χ1v) is 6.31. The highest BCUT2D eigenvalue weighted by Crippen LogP contribution is 2.14. The zero-order chi connectivity index (χ0) is 14.1. The second-order valence-electron chi connectivity index (χ2n) is 4.64. The average Bonchev–Trinajstić information content (AvgIpc) is 2.76. The molecule has 2 aromatic heterocycles. The Kier molecular flexibility index (Phi) is 2.95. The van der Waals surface area contributed by atoms with E-state index in [4.69, 9.17) is 0 Å². The Hall–Kier alpha value is -2.69. The van der Waals surface area contributed by atoms with Crippen LogP contribution in [0.25, 0.3) is 10.9 Å². The highest BCUT2D eigenvalue weighted by molar-refractivity contribution is 6.03. The number of pyridine rings is 1. The van der Waals surface area contributed by atoms with Gasteiger partial charge in [-0.05, 0) is 19.1 Å². The van der Waals surface area contributed by atoms with Crippen LogP contribution in [-0.4, -0.2) is 20.7 Å². The number of benzene rings is 1. The average molecular weight is 266 g/mol. The van der Waals surface area contributed by atoms with Gasteiger partial charge in [-0.3, -0.25) is 9.48 Å². The van der Waals surface area contributed by atoms with E-state index in [1.807, 2.05) is 43.3 Å². The van der Waals surface area contributed by atoms with Crippen LogP contribution in [0.3, 0.4) is 0 Å². The van der Waals surface area contributed by atoms with Crippen LogP contribution in [0, 0.1) is 6.92 Å². The van der Waals surface area contributed by atoms with Crippen LogP contribution in [-0.2, 0) is 7.05 Å². The summed E-state index contributed by atoms with van der Waals surface area (Å²) in [7, 11) is 1.79. The summed E-state index contributed by atoms with van der Waals surface area (Å²) < 4.78 is 1.63. The number of nitrogens with zero attached hydrogens (tertiary/aromatic N) is 3. The fraction of sp³-hybridized carbons (Fsp3) is 0.133. The topological polar surface area (TPSA) is 59.8 Å². The van der Waals surface area contributed by atoms with Crippen LogP contribution in [0.15, 0.2) is 42.5 Å². The summed E-state index contributed by atoms with van der Waals surface area (Å²) in [5.41, 5.74) is 2.05. The molecule has 0 spiro atoms. The fourth-order valence-corrected chi connectivity index (χ4v) is 2.10. The van der Waals surface area contributed by atoms with Crippen molar-refractivity contribution in [2.75, 3.05) is 5.32 Å². The first-order chi connectivity index (χ1) is 9.63. The molecule has 0 radical (unpaired) electrons. The Morgan fingerprint density at radius 3 is 2.75 bits per heavy atom. The third kappa shape index (κ3) is 2.25. The molecular weight excluding hydrogens is 252 g/mol. The van der Waals surface area contributed by atoms with E-state index in [9.17, 15) is 4.79 Å². The number of anilines is 1. The Balaban J connectivity index is 1.90. The lowest BCUT2D eigenvalue weighted by Gasteiger charge is -2.05. The maximum Gasteiger partial charge on any atom is 0.275 e. The van der Waals surface area contributed by atoms with Crippen molar-refractivity contribution in [3.05, 3.63) is 53.9 Å². The highest BCUT2D eigenvalue weighted by Gasteiger charge is 2.11. The molecule has 1 N–H and O–H groups in total. The quantitative estimate of drug-likeness (QED) is 0.775. The predicted octanol–water partition coefficient (Wildman–Crippen LogP) is 2.53. The minimum Gasteiger partial charge on any atom is -0.305 e. The molecule has 3 aromatic rings. The van der Waals surface area contributed by atoms with Crippen molar-refractivity contribution in [3.8, 4) is 0 Å². The SMILES string of the molecule is Cc1cc(NC(=O)c2ccc3ccccc3n2)n(C)n1. The number of aromatic nitrogens is 3. The van der Waals surface area contributed by atoms with Gasteiger partial charge in [0.15, 0.2) is 0 Å². The first kappa shape index (κ1) is 12.3. The molecule has 0 saturated carbocycles. The number of fused-ring (bicyclic) bond motifs is 1. The maximum atomic E-state index is 12.2. The summed E-state index contributed by atoms with van der Waals surface area (Å²) in [5.74, 6) is 0.418. The number of nitrogens with one attached hydrogen (secondary N) is 1. The van der Waals surface area contributed by atoms with Crippen LogP contribution < -0.4 is 5.32 Å². The van der Waals surface area contributed by atoms with Crippen molar-refractivity contribution in [3.63, 3.8) is 0 Å². The molecule has 0 atom stereocenters. The van der Waals surface area contributed by atoms with Crippen LogP contribution in [0.2, 0.25) is 0 Å². The second-order valence-corrected chi connectivity index (χ2v) is 4.64. The smallest absolute Gasteiger partial charge is 0.275 e. The lowest BCUT2D eigenvalue weighted by Crippen LogP contribution is -2.15. The van der Waals surface area contributed by atoms with Gasteiger partial charge in [0.25, 0.3) is 5.91 Å². The molecule has 0 saturated heterocycles. The van der Waals surface area contributed by atoms with Crippen molar-refractivity contribution >= 4 is 22.6 Å². The molecule has 0 aliphatic heterocycles. The Morgan fingerprint density at radius 1 is 1.20 bits per heavy atom. The Labute approximate surface area is 116 Å². The lowest BCUT2D eigenvalue weighted by atomic mass is 10.2. The number of hydrogen-bond acceptors (Lipinski definition) is 3. The Bertz CT molecular complexity index is 791. The van der Waals surface area contributed by atoms with Gasteiger partial charge in [0, 0.05) is 18.5 Å². The van der Waals surface area contributed by atoms with E-state index in [0.29, 0.717) is 11.5 Å². The monoisotopic (exact) mass is 266 g/mol. The number of para-hydroxylation sites is 1. The van der Waals surface area contributed by atoms with Gasteiger partial charge in [0.2, 0.25) is 0 Å². The summed E-state index contributed by atoms with van der Waals surface area (Å²) >= 11 is 0. The number of carbonyl (C=O) groups is 1. The molecule has 5 nitrogen and oxygen atoms in total. The first-order valence-electron chi connectivity index (χ1n) is 6.31. The minimum atomic E-state index is -0.237. The molecule has 1 amide bonds. The molecule has 0 aliphatic carbocycles. The standard InChI is InChI=1S/C15H14N4O/c1-10-9-14(19(2)18-10)17-15(20)13-8-7-11-5-3-4-6-12(11)16-13/h3-9H,1-2H3,(H,17,20). The summed E-state index contributed by atoms with van der Waals surface area (Å²) in [5, 5.41) is 8.01. The normalized spacial score (nSPS) is 10.7. The number of rotatable bonds is 2. The lowest BCUT2D eigenvalue weighted by molar-refractivity contribution is 0.102. The number of carbonyl (C=O) groups excluding carboxylic acids is 1. The van der Waals surface area contributed by atoms with E-state index in [-0.39, 0.29) is 5.91 Å². The van der Waals surface area contributed by atoms with Crippen LogP contribution in [0.5, 0.6) is 0 Å². The van der Waals surface area contributed by atoms with E-state index < -0.39 is 0 Å². The molecule has 5 heteroatoms. The number of hydrogen-bond donors (Lipinski definition) is 1. The highest BCUT2D eigenvalue weighted by atomic mass is 16.2. The van der Waals surface area contributed by atoms with E-state index >= 15 is 0 Å². The molecular formula is C15H14N4O. The van der Waals surface area contributed by atoms with Crippen molar-refractivity contribution in [2.45, 2.75) is 6.92 Å². The number of amides is 1. The van der Waals surface area contributed by atoms with E-state index in [1.54, 1.807) is 17.8 Å². The zero-order valence-corrected chi connectivity index (χ0v) is 11.3. The number of aryl methyl sites for hydroxylation is 2. The van der Waals surface area contributed by atoms with E-state index in [0.717, 1.165) is 16.6 Å². The van der Waals surface area contributed by atoms with Crippen LogP contribution in [0.4, 0.5) is 5.82 Å². The summed E-state index contributed by atoms with van der Waals surface area (Å²) in [4.78, 5) is 16.6. The Morgan fingerprint density at radius 2 is 2.00 bits per heavy atom. The van der Waals surface area contributed by atoms with E-state index in [2.05, 4.69) is 15.4 Å². The zero-order valence-electron chi connectivity index (χ0n) is 11.3. The van der Waals surface area contributed by atoms with Gasteiger partial charge in [0.1, 0.15) is 11.5 Å². The van der Waals surface area contributed by atoms with Crippen molar-refractivity contribution in [1.82, 2.24) is 14.8 Å². The summed E-state index contributed by atoms with van der Waals surface area (Å²) in [6.07, 6.45) is 0. The molecule has 2 heterocycles. The molecule has 0 unspecified atom stereocenters. The second kappa shape index (κ2) is 4.77. The van der Waals surface area contributed by atoms with Gasteiger partial charge in [-0.1, -0.05) is 24.3 Å². The largest absolute Gasteiger partial charge is 0.305 e. The summed E-state index contributed by atoms with van der Waals surface area (Å²) in [6, 6.07) is 13.1. The third-order valence-corrected chi connectivity index (χ3v) is 3.07. The van der Waals surface area contributed by atoms with Crippen LogP contribution in [0.1, 0.15) is 16.2 Å². The molecule has 3 rings (SSSR count). The predicted molar refractivity (Wildman–Crippen MR) is 77.6 cm³/mol. The van der Waals surface area contributed by atoms with Gasteiger partial charge in [-0.2, -0.15) is 5.10 Å². The molecule has 100 valence electrons. The summed E-state index contributed by atoms with van der Waals surface area (Å²) in [6.45, 7) is 1.88. The fourth-order valence-electron chi connectivity index (χ4n) is 2.10. The van der Waals surface area contributed by atoms with Crippen molar-refractivity contribution in [2.24, 2.45) is 7.05 Å². The van der Waals surface area contributed by atoms with Gasteiger partial charge in [-0.15, -0.1) is 0 Å².